The smallest absolute Gasteiger partial charge is 0.319 e. The van der Waals surface area contributed by atoms with Crippen molar-refractivity contribution in [1.82, 2.24) is 10.3 Å². The molecule has 0 aliphatic heterocycles. The van der Waals surface area contributed by atoms with E-state index in [9.17, 15) is 4.79 Å². The van der Waals surface area contributed by atoms with Crippen molar-refractivity contribution < 1.29 is 13.9 Å². The van der Waals surface area contributed by atoms with Crippen LogP contribution in [0.15, 0.2) is 22.6 Å². The van der Waals surface area contributed by atoms with Gasteiger partial charge in [0.1, 0.15) is 5.52 Å². The molecule has 1 heterocycles. The molecule has 0 saturated carbocycles. The molecule has 0 atom stereocenters. The average molecular weight is 291 g/mol. The van der Waals surface area contributed by atoms with Crippen LogP contribution in [-0.2, 0) is 10.2 Å². The number of amides is 2. The Morgan fingerprint density at radius 1 is 1.38 bits per heavy atom. The number of methoxy groups -OCH3 is 1. The summed E-state index contributed by atoms with van der Waals surface area (Å²) in [5, 5.41) is 5.44. The summed E-state index contributed by atoms with van der Waals surface area (Å²) in [4.78, 5) is 16.1. The molecule has 0 aliphatic rings. The molecule has 1 aromatic heterocycles. The minimum atomic E-state index is -0.272. The Labute approximate surface area is 123 Å². The van der Waals surface area contributed by atoms with Gasteiger partial charge in [0.05, 0.1) is 6.61 Å². The van der Waals surface area contributed by atoms with E-state index >= 15 is 0 Å². The van der Waals surface area contributed by atoms with E-state index in [2.05, 4.69) is 15.6 Å². The zero-order valence-electron chi connectivity index (χ0n) is 12.8. The number of nitrogens with zero attached hydrogens (tertiary/aromatic N) is 1. The maximum atomic E-state index is 11.7. The summed E-state index contributed by atoms with van der Waals surface area (Å²) in [7, 11) is 1.59. The SMILES string of the molecule is COCCNC(=O)Nc1ccc2oc(C(C)(C)C)nc2c1. The third-order valence-electron chi connectivity index (χ3n) is 2.88. The van der Waals surface area contributed by atoms with E-state index < -0.39 is 0 Å². The van der Waals surface area contributed by atoms with Gasteiger partial charge in [0, 0.05) is 24.8 Å². The van der Waals surface area contributed by atoms with Gasteiger partial charge in [0.25, 0.3) is 0 Å². The summed E-state index contributed by atoms with van der Waals surface area (Å²) in [6.45, 7) is 7.06. The van der Waals surface area contributed by atoms with Gasteiger partial charge in [-0.15, -0.1) is 0 Å². The van der Waals surface area contributed by atoms with Gasteiger partial charge in [-0.2, -0.15) is 0 Å². The Morgan fingerprint density at radius 3 is 2.81 bits per heavy atom. The lowest BCUT2D eigenvalue weighted by atomic mass is 9.97. The summed E-state index contributed by atoms with van der Waals surface area (Å²) >= 11 is 0. The highest BCUT2D eigenvalue weighted by Gasteiger charge is 2.21. The number of urea groups is 1. The molecule has 1 aromatic carbocycles. The number of rotatable bonds is 4. The number of fused-ring (bicyclic) bond motifs is 1. The van der Waals surface area contributed by atoms with Crippen molar-refractivity contribution in [2.45, 2.75) is 26.2 Å². The van der Waals surface area contributed by atoms with Crippen molar-refractivity contribution in [3.05, 3.63) is 24.1 Å². The highest BCUT2D eigenvalue weighted by Crippen LogP contribution is 2.27. The van der Waals surface area contributed by atoms with Gasteiger partial charge >= 0.3 is 6.03 Å². The summed E-state index contributed by atoms with van der Waals surface area (Å²) in [5.41, 5.74) is 1.97. The Hall–Kier alpha value is -2.08. The van der Waals surface area contributed by atoms with Crippen LogP contribution < -0.4 is 10.6 Å². The van der Waals surface area contributed by atoms with Gasteiger partial charge in [-0.3, -0.25) is 0 Å². The van der Waals surface area contributed by atoms with Crippen molar-refractivity contribution in [1.29, 1.82) is 0 Å². The van der Waals surface area contributed by atoms with Crippen molar-refractivity contribution in [2.75, 3.05) is 25.6 Å². The second kappa shape index (κ2) is 6.13. The molecule has 0 radical (unpaired) electrons. The van der Waals surface area contributed by atoms with Crippen LogP contribution in [-0.4, -0.2) is 31.3 Å². The quantitative estimate of drug-likeness (QED) is 0.849. The molecule has 114 valence electrons. The summed E-state index contributed by atoms with van der Waals surface area (Å²) in [5.74, 6) is 0.680. The minimum absolute atomic E-state index is 0.149. The third kappa shape index (κ3) is 3.95. The molecule has 0 saturated heterocycles. The molecule has 6 nitrogen and oxygen atoms in total. The number of benzene rings is 1. The molecule has 21 heavy (non-hydrogen) atoms. The van der Waals surface area contributed by atoms with Crippen LogP contribution in [0.1, 0.15) is 26.7 Å². The topological polar surface area (TPSA) is 76.4 Å². The van der Waals surface area contributed by atoms with Crippen molar-refractivity contribution in [3.63, 3.8) is 0 Å². The highest BCUT2D eigenvalue weighted by atomic mass is 16.5. The highest BCUT2D eigenvalue weighted by molar-refractivity contribution is 5.91. The van der Waals surface area contributed by atoms with Crippen LogP contribution in [0.25, 0.3) is 11.1 Å². The van der Waals surface area contributed by atoms with Gasteiger partial charge < -0.3 is 19.8 Å². The van der Waals surface area contributed by atoms with Crippen LogP contribution in [0.5, 0.6) is 0 Å². The van der Waals surface area contributed by atoms with Crippen molar-refractivity contribution >= 4 is 22.8 Å². The second-order valence-electron chi connectivity index (χ2n) is 5.83. The van der Waals surface area contributed by atoms with Crippen LogP contribution in [0.3, 0.4) is 0 Å². The molecule has 2 N–H and O–H groups in total. The molecular weight excluding hydrogens is 270 g/mol. The van der Waals surface area contributed by atoms with E-state index in [0.717, 1.165) is 5.52 Å². The van der Waals surface area contributed by atoms with Gasteiger partial charge in [0.2, 0.25) is 5.89 Å². The molecule has 6 heteroatoms. The lowest BCUT2D eigenvalue weighted by molar-refractivity contribution is 0.198. The van der Waals surface area contributed by atoms with E-state index in [1.807, 2.05) is 26.8 Å². The number of anilines is 1. The van der Waals surface area contributed by atoms with Gasteiger partial charge in [0.15, 0.2) is 5.58 Å². The number of nitrogens with one attached hydrogen (secondary N) is 2. The Morgan fingerprint density at radius 2 is 2.14 bits per heavy atom. The molecule has 2 rings (SSSR count). The lowest BCUT2D eigenvalue weighted by Gasteiger charge is -2.11. The largest absolute Gasteiger partial charge is 0.440 e. The van der Waals surface area contributed by atoms with Crippen LogP contribution >= 0.6 is 0 Å². The Bertz CT molecular complexity index is 629. The van der Waals surface area contributed by atoms with E-state index in [0.29, 0.717) is 30.3 Å². The molecule has 2 amide bonds. The number of carbonyl (C=O) groups excluding carboxylic acids is 1. The van der Waals surface area contributed by atoms with Crippen LogP contribution in [0.2, 0.25) is 0 Å². The standard InChI is InChI=1S/C15H21N3O3/c1-15(2,3)13-18-11-9-10(5-6-12(11)21-13)17-14(19)16-7-8-20-4/h5-6,9H,7-8H2,1-4H3,(H2,16,17,19). The number of hydrogen-bond acceptors (Lipinski definition) is 4. The van der Waals surface area contributed by atoms with E-state index in [-0.39, 0.29) is 11.4 Å². The second-order valence-corrected chi connectivity index (χ2v) is 5.83. The number of carbonyl (C=O) groups is 1. The van der Waals surface area contributed by atoms with Crippen molar-refractivity contribution in [3.8, 4) is 0 Å². The summed E-state index contributed by atoms with van der Waals surface area (Å²) in [6.07, 6.45) is 0. The van der Waals surface area contributed by atoms with E-state index in [4.69, 9.17) is 9.15 Å². The summed E-state index contributed by atoms with van der Waals surface area (Å²) in [6, 6.07) is 5.12. The predicted octanol–water partition coefficient (Wildman–Crippen LogP) is 2.89. The first kappa shape index (κ1) is 15.3. The average Bonchev–Trinajstić information content (AvgIpc) is 2.82. The molecule has 0 fully saturated rings. The number of ether oxygens (including phenoxy) is 1. The first-order valence-corrected chi connectivity index (χ1v) is 6.85. The fourth-order valence-corrected chi connectivity index (χ4v) is 1.77. The fourth-order valence-electron chi connectivity index (χ4n) is 1.77. The molecule has 0 spiro atoms. The monoisotopic (exact) mass is 291 g/mol. The van der Waals surface area contributed by atoms with E-state index in [1.54, 1.807) is 19.2 Å². The Kier molecular flexibility index (Phi) is 4.47. The molecule has 0 bridgehead atoms. The lowest BCUT2D eigenvalue weighted by Crippen LogP contribution is -2.31. The maximum absolute atomic E-state index is 11.7. The number of oxazole rings is 1. The van der Waals surface area contributed by atoms with Crippen molar-refractivity contribution in [2.24, 2.45) is 0 Å². The number of hydrogen-bond donors (Lipinski definition) is 2. The maximum Gasteiger partial charge on any atom is 0.319 e. The van der Waals surface area contributed by atoms with E-state index in [1.165, 1.54) is 0 Å². The molecular formula is C15H21N3O3. The van der Waals surface area contributed by atoms with Gasteiger partial charge in [-0.1, -0.05) is 20.8 Å². The van der Waals surface area contributed by atoms with Gasteiger partial charge in [-0.05, 0) is 18.2 Å². The zero-order chi connectivity index (χ0) is 15.5. The molecule has 0 aliphatic carbocycles. The summed E-state index contributed by atoms with van der Waals surface area (Å²) < 4.78 is 10.6. The molecule has 2 aromatic rings. The minimum Gasteiger partial charge on any atom is -0.440 e. The first-order valence-electron chi connectivity index (χ1n) is 6.85. The third-order valence-corrected chi connectivity index (χ3v) is 2.88. The Balaban J connectivity index is 2.10. The zero-order valence-corrected chi connectivity index (χ0v) is 12.8. The number of aromatic nitrogens is 1. The normalized spacial score (nSPS) is 11.6. The fraction of sp³-hybridized carbons (Fsp3) is 0.467. The predicted molar refractivity (Wildman–Crippen MR) is 81.6 cm³/mol. The molecule has 0 unspecified atom stereocenters. The van der Waals surface area contributed by atoms with Gasteiger partial charge in [-0.25, -0.2) is 9.78 Å². The van der Waals surface area contributed by atoms with Crippen LogP contribution in [0.4, 0.5) is 10.5 Å². The first-order chi connectivity index (χ1) is 9.90. The van der Waals surface area contributed by atoms with Crippen LogP contribution in [0, 0.1) is 0 Å².